The SMILES string of the molecule is O=C(NC1CCC(=Cc2cccc(Oc3ccc(C(F)(F)F)cn3)c2)CC1)c1cccnc1. The minimum Gasteiger partial charge on any atom is -0.439 e. The van der Waals surface area contributed by atoms with Gasteiger partial charge in [-0.1, -0.05) is 23.8 Å². The van der Waals surface area contributed by atoms with Crippen LogP contribution in [0.15, 0.2) is 72.7 Å². The number of aromatic nitrogens is 2. The van der Waals surface area contributed by atoms with E-state index in [2.05, 4.69) is 21.4 Å². The lowest BCUT2D eigenvalue weighted by molar-refractivity contribution is -0.137. The Hall–Kier alpha value is -3.68. The molecular weight excluding hydrogens is 431 g/mol. The fourth-order valence-corrected chi connectivity index (χ4v) is 3.68. The Morgan fingerprint density at radius 2 is 1.88 bits per heavy atom. The summed E-state index contributed by atoms with van der Waals surface area (Å²) in [6, 6.07) is 13.1. The lowest BCUT2D eigenvalue weighted by atomic mass is 9.89. The van der Waals surface area contributed by atoms with Crippen LogP contribution >= 0.6 is 0 Å². The summed E-state index contributed by atoms with van der Waals surface area (Å²) in [5, 5.41) is 3.07. The minimum absolute atomic E-state index is 0.0951. The number of rotatable bonds is 5. The Bertz CT molecular complexity index is 1120. The Morgan fingerprint density at radius 3 is 2.55 bits per heavy atom. The lowest BCUT2D eigenvalue weighted by Gasteiger charge is -2.25. The van der Waals surface area contributed by atoms with Crippen LogP contribution in [0.5, 0.6) is 11.6 Å². The van der Waals surface area contributed by atoms with E-state index in [1.807, 2.05) is 18.2 Å². The highest BCUT2D eigenvalue weighted by Gasteiger charge is 2.30. The molecule has 3 aromatic rings. The van der Waals surface area contributed by atoms with Gasteiger partial charge in [-0.2, -0.15) is 13.2 Å². The highest BCUT2D eigenvalue weighted by atomic mass is 19.4. The Labute approximate surface area is 189 Å². The molecule has 0 atom stereocenters. The fraction of sp³-hybridized carbons (Fsp3) is 0.240. The molecule has 1 amide bonds. The van der Waals surface area contributed by atoms with Gasteiger partial charge < -0.3 is 10.1 Å². The van der Waals surface area contributed by atoms with Crippen molar-refractivity contribution in [2.75, 3.05) is 0 Å². The predicted octanol–water partition coefficient (Wildman–Crippen LogP) is 6.04. The number of hydrogen-bond acceptors (Lipinski definition) is 4. The van der Waals surface area contributed by atoms with E-state index in [0.717, 1.165) is 43.5 Å². The van der Waals surface area contributed by atoms with Gasteiger partial charge in [-0.3, -0.25) is 9.78 Å². The third-order valence-electron chi connectivity index (χ3n) is 5.40. The van der Waals surface area contributed by atoms with E-state index in [1.165, 1.54) is 11.6 Å². The van der Waals surface area contributed by atoms with Gasteiger partial charge in [-0.15, -0.1) is 0 Å². The molecule has 8 heteroatoms. The number of carbonyl (C=O) groups is 1. The second-order valence-electron chi connectivity index (χ2n) is 7.85. The average molecular weight is 453 g/mol. The van der Waals surface area contributed by atoms with Crippen molar-refractivity contribution < 1.29 is 22.7 Å². The minimum atomic E-state index is -4.43. The van der Waals surface area contributed by atoms with Crippen LogP contribution in [0, 0.1) is 0 Å². The first-order valence-electron chi connectivity index (χ1n) is 10.6. The van der Waals surface area contributed by atoms with Crippen LogP contribution in [0.25, 0.3) is 6.08 Å². The van der Waals surface area contributed by atoms with Crippen LogP contribution in [0.4, 0.5) is 13.2 Å². The summed E-state index contributed by atoms with van der Waals surface area (Å²) in [5.74, 6) is 0.481. The Kier molecular flexibility index (Phi) is 6.72. The summed E-state index contributed by atoms with van der Waals surface area (Å²) in [5.41, 5.74) is 1.94. The van der Waals surface area contributed by atoms with Gasteiger partial charge in [0.2, 0.25) is 5.88 Å². The highest BCUT2D eigenvalue weighted by molar-refractivity contribution is 5.94. The summed E-state index contributed by atoms with van der Waals surface area (Å²) in [6.07, 6.45) is 5.03. The molecule has 0 bridgehead atoms. The Morgan fingerprint density at radius 1 is 1.06 bits per heavy atom. The Balaban J connectivity index is 1.34. The van der Waals surface area contributed by atoms with E-state index in [4.69, 9.17) is 4.74 Å². The summed E-state index contributed by atoms with van der Waals surface area (Å²) >= 11 is 0. The number of allylic oxidation sites excluding steroid dienone is 1. The number of hydrogen-bond donors (Lipinski definition) is 1. The molecule has 1 aromatic carbocycles. The topological polar surface area (TPSA) is 64.1 Å². The second-order valence-corrected chi connectivity index (χ2v) is 7.85. The number of alkyl halides is 3. The number of nitrogens with one attached hydrogen (secondary N) is 1. The number of ether oxygens (including phenoxy) is 1. The molecule has 1 aliphatic carbocycles. The smallest absolute Gasteiger partial charge is 0.417 e. The molecule has 5 nitrogen and oxygen atoms in total. The van der Waals surface area contributed by atoms with Gasteiger partial charge in [0.05, 0.1) is 11.1 Å². The van der Waals surface area contributed by atoms with Gasteiger partial charge in [0.1, 0.15) is 5.75 Å². The molecule has 2 heterocycles. The van der Waals surface area contributed by atoms with Gasteiger partial charge in [-0.25, -0.2) is 4.98 Å². The number of halogens is 3. The lowest BCUT2D eigenvalue weighted by Crippen LogP contribution is -2.36. The molecule has 1 fully saturated rings. The molecule has 0 spiro atoms. The number of benzene rings is 1. The number of pyridine rings is 2. The summed E-state index contributed by atoms with van der Waals surface area (Å²) in [4.78, 5) is 20.0. The molecular formula is C25H22F3N3O2. The molecule has 170 valence electrons. The molecule has 33 heavy (non-hydrogen) atoms. The van der Waals surface area contributed by atoms with E-state index >= 15 is 0 Å². The zero-order chi connectivity index (χ0) is 23.3. The molecule has 0 aliphatic heterocycles. The third kappa shape index (κ3) is 6.19. The van der Waals surface area contributed by atoms with Gasteiger partial charge in [-0.05, 0) is 61.6 Å². The van der Waals surface area contributed by atoms with E-state index in [9.17, 15) is 18.0 Å². The van der Waals surface area contributed by atoms with Crippen molar-refractivity contribution in [1.82, 2.24) is 15.3 Å². The zero-order valence-corrected chi connectivity index (χ0v) is 17.7. The highest BCUT2D eigenvalue weighted by Crippen LogP contribution is 2.31. The molecule has 4 rings (SSSR count). The maximum atomic E-state index is 12.7. The first-order valence-corrected chi connectivity index (χ1v) is 10.6. The molecule has 1 saturated carbocycles. The zero-order valence-electron chi connectivity index (χ0n) is 17.7. The van der Waals surface area contributed by atoms with Crippen molar-refractivity contribution in [3.8, 4) is 11.6 Å². The van der Waals surface area contributed by atoms with E-state index in [0.29, 0.717) is 11.3 Å². The van der Waals surface area contributed by atoms with Crippen LogP contribution in [0.1, 0.15) is 47.2 Å². The van der Waals surface area contributed by atoms with Crippen molar-refractivity contribution in [2.24, 2.45) is 0 Å². The summed E-state index contributed by atoms with van der Waals surface area (Å²) in [7, 11) is 0. The van der Waals surface area contributed by atoms with Gasteiger partial charge in [0.25, 0.3) is 5.91 Å². The van der Waals surface area contributed by atoms with Crippen molar-refractivity contribution >= 4 is 12.0 Å². The summed E-state index contributed by atoms with van der Waals surface area (Å²) < 4.78 is 43.6. The third-order valence-corrected chi connectivity index (χ3v) is 5.40. The monoisotopic (exact) mass is 453 g/mol. The van der Waals surface area contributed by atoms with Crippen LogP contribution in [-0.2, 0) is 6.18 Å². The number of carbonyl (C=O) groups excluding carboxylic acids is 1. The van der Waals surface area contributed by atoms with Gasteiger partial charge in [0.15, 0.2) is 0 Å². The quantitative estimate of drug-likeness (QED) is 0.511. The molecule has 1 aliphatic rings. The van der Waals surface area contributed by atoms with Gasteiger partial charge >= 0.3 is 6.18 Å². The number of nitrogens with zero attached hydrogens (tertiary/aromatic N) is 2. The maximum Gasteiger partial charge on any atom is 0.417 e. The molecule has 0 radical (unpaired) electrons. The molecule has 1 N–H and O–H groups in total. The van der Waals surface area contributed by atoms with E-state index < -0.39 is 11.7 Å². The first kappa shape index (κ1) is 22.5. The van der Waals surface area contributed by atoms with Crippen molar-refractivity contribution in [3.63, 3.8) is 0 Å². The van der Waals surface area contributed by atoms with Crippen molar-refractivity contribution in [2.45, 2.75) is 37.9 Å². The maximum absolute atomic E-state index is 12.7. The second kappa shape index (κ2) is 9.85. The summed E-state index contributed by atoms with van der Waals surface area (Å²) in [6.45, 7) is 0. The largest absolute Gasteiger partial charge is 0.439 e. The molecule has 2 aromatic heterocycles. The van der Waals surface area contributed by atoms with Crippen LogP contribution in [0.2, 0.25) is 0 Å². The van der Waals surface area contributed by atoms with Gasteiger partial charge in [0, 0.05) is 30.7 Å². The van der Waals surface area contributed by atoms with Crippen molar-refractivity contribution in [1.29, 1.82) is 0 Å². The first-order chi connectivity index (χ1) is 15.9. The normalized spacial score (nSPS) is 16.2. The average Bonchev–Trinajstić information content (AvgIpc) is 2.81. The van der Waals surface area contributed by atoms with Crippen LogP contribution in [-0.4, -0.2) is 21.9 Å². The van der Waals surface area contributed by atoms with Crippen LogP contribution in [0.3, 0.4) is 0 Å². The fourth-order valence-electron chi connectivity index (χ4n) is 3.68. The molecule has 0 saturated heterocycles. The van der Waals surface area contributed by atoms with E-state index in [1.54, 1.807) is 30.6 Å². The van der Waals surface area contributed by atoms with E-state index in [-0.39, 0.29) is 17.8 Å². The predicted molar refractivity (Wildman–Crippen MR) is 118 cm³/mol. The van der Waals surface area contributed by atoms with Crippen LogP contribution < -0.4 is 10.1 Å². The molecule has 0 unspecified atom stereocenters. The number of amides is 1. The standard InChI is InChI=1S/C25H22F3N3O2/c26-25(27,28)20-8-11-23(30-16-20)33-22-5-1-3-18(14-22)13-17-6-9-21(10-7-17)31-24(32)19-4-2-12-29-15-19/h1-5,8,11-16,21H,6-7,9-10H2,(H,31,32). The van der Waals surface area contributed by atoms with Crippen molar-refractivity contribution in [3.05, 3.63) is 89.4 Å².